The van der Waals surface area contributed by atoms with Crippen LogP contribution in [0.2, 0.25) is 0 Å². The van der Waals surface area contributed by atoms with Gasteiger partial charge in [-0.2, -0.15) is 13.7 Å². The average molecular weight is 653 g/mol. The number of nitrogens with zero attached hydrogens (tertiary/aromatic N) is 3. The van der Waals surface area contributed by atoms with Crippen LogP contribution in [0.25, 0.3) is 0 Å². The van der Waals surface area contributed by atoms with Gasteiger partial charge in [0.15, 0.2) is 0 Å². The van der Waals surface area contributed by atoms with Crippen molar-refractivity contribution < 1.29 is 21.6 Å². The molecular weight excluding hydrogens is 627 g/mol. The normalized spacial score (nSPS) is 17.9. The predicted octanol–water partition coefficient (Wildman–Crippen LogP) is 2.90. The molecule has 1 aliphatic heterocycles. The van der Waals surface area contributed by atoms with Crippen LogP contribution in [0.5, 0.6) is 0 Å². The van der Waals surface area contributed by atoms with Crippen molar-refractivity contribution in [2.24, 2.45) is 5.10 Å². The Morgan fingerprint density at radius 3 is 2.05 bits per heavy atom. The van der Waals surface area contributed by atoms with Crippen molar-refractivity contribution in [1.82, 2.24) is 14.0 Å². The maximum atomic E-state index is 13.5. The molecule has 0 spiro atoms. The molecule has 1 N–H and O–H groups in total. The first-order chi connectivity index (χ1) is 17.6. The molecule has 0 aromatic heterocycles. The molecule has 0 bridgehead atoms. The molecule has 1 aliphatic rings. The van der Waals surface area contributed by atoms with E-state index in [1.807, 2.05) is 24.3 Å². The highest BCUT2D eigenvalue weighted by atomic mass is 127. The quantitative estimate of drug-likeness (QED) is 0.240. The van der Waals surface area contributed by atoms with Crippen molar-refractivity contribution in [3.05, 3.63) is 94.1 Å². The number of carbonyl (C=O) groups is 1. The number of hydrazone groups is 1. The molecule has 0 saturated carbocycles. The molecule has 9 nitrogen and oxygen atoms in total. The molecule has 1 atom stereocenters. The van der Waals surface area contributed by atoms with E-state index in [9.17, 15) is 21.6 Å². The lowest BCUT2D eigenvalue weighted by atomic mass is 10.1. The molecule has 4 rings (SSSR count). The number of piperazine rings is 1. The van der Waals surface area contributed by atoms with E-state index in [0.29, 0.717) is 5.71 Å². The molecule has 194 valence electrons. The Labute approximate surface area is 230 Å². The number of rotatable bonds is 7. The minimum atomic E-state index is -4.08. The van der Waals surface area contributed by atoms with Gasteiger partial charge in [-0.25, -0.2) is 22.3 Å². The molecule has 1 heterocycles. The van der Waals surface area contributed by atoms with Crippen molar-refractivity contribution in [1.29, 1.82) is 0 Å². The Morgan fingerprint density at radius 1 is 0.865 bits per heavy atom. The monoisotopic (exact) mass is 652 g/mol. The molecule has 1 fully saturated rings. The highest BCUT2D eigenvalue weighted by molar-refractivity contribution is 14.1. The fourth-order valence-electron chi connectivity index (χ4n) is 3.92. The molecule has 0 aliphatic carbocycles. The van der Waals surface area contributed by atoms with Gasteiger partial charge in [0.2, 0.25) is 20.0 Å². The Bertz CT molecular complexity index is 1510. The number of nitrogens with one attached hydrogen (secondary N) is 1. The Hall–Kier alpha value is -2.65. The summed E-state index contributed by atoms with van der Waals surface area (Å²) in [6.07, 6.45) is 0. The number of hydrogen-bond acceptors (Lipinski definition) is 6. The largest absolute Gasteiger partial charge is 0.271 e. The van der Waals surface area contributed by atoms with Gasteiger partial charge < -0.3 is 0 Å². The second-order valence-corrected chi connectivity index (χ2v) is 13.4. The number of carbonyl (C=O) groups excluding carboxylic acids is 1. The summed E-state index contributed by atoms with van der Waals surface area (Å²) >= 11 is 2.17. The molecule has 0 unspecified atom stereocenters. The predicted molar refractivity (Wildman–Crippen MR) is 149 cm³/mol. The van der Waals surface area contributed by atoms with Gasteiger partial charge in [-0.3, -0.25) is 4.79 Å². The molecule has 1 saturated heterocycles. The van der Waals surface area contributed by atoms with Crippen LogP contribution >= 0.6 is 22.6 Å². The summed E-state index contributed by atoms with van der Waals surface area (Å²) in [6, 6.07) is 21.8. The van der Waals surface area contributed by atoms with Crippen LogP contribution in [-0.4, -0.2) is 62.7 Å². The van der Waals surface area contributed by atoms with Crippen molar-refractivity contribution in [2.75, 3.05) is 19.6 Å². The number of sulfonamides is 2. The third-order valence-electron chi connectivity index (χ3n) is 5.90. The van der Waals surface area contributed by atoms with Crippen molar-refractivity contribution in [3.8, 4) is 0 Å². The van der Waals surface area contributed by atoms with Gasteiger partial charge in [-0.1, -0.05) is 48.5 Å². The van der Waals surface area contributed by atoms with Gasteiger partial charge in [-0.05, 0) is 71.5 Å². The molecule has 1 amide bonds. The second kappa shape index (κ2) is 11.4. The Kier molecular flexibility index (Phi) is 8.43. The topological polar surface area (TPSA) is 116 Å². The summed E-state index contributed by atoms with van der Waals surface area (Å²) in [4.78, 5) is 13.4. The summed E-state index contributed by atoms with van der Waals surface area (Å²) < 4.78 is 56.6. The standard InChI is InChI=1S/C25H25IN4O5S2/c1-19(20-9-8-10-21(26)17-20)27-28-25(31)24-18-29(36(32,33)22-11-4-2-5-12-22)15-16-30(24)37(34,35)23-13-6-3-7-14-23/h2-14,17,24H,15-16,18H2,1H3,(H,28,31)/b27-19-/t24-/m0/s1. The van der Waals surface area contributed by atoms with E-state index in [0.717, 1.165) is 17.7 Å². The molecule has 3 aromatic rings. The number of benzene rings is 3. The minimum absolute atomic E-state index is 0.0192. The number of amides is 1. The minimum Gasteiger partial charge on any atom is -0.271 e. The second-order valence-electron chi connectivity index (χ2n) is 8.30. The molecule has 3 aromatic carbocycles. The van der Waals surface area contributed by atoms with Gasteiger partial charge in [0.1, 0.15) is 6.04 Å². The zero-order valence-corrected chi connectivity index (χ0v) is 23.6. The third kappa shape index (κ3) is 6.09. The fourth-order valence-corrected chi connectivity index (χ4v) is 7.51. The lowest BCUT2D eigenvalue weighted by Gasteiger charge is -2.38. The van der Waals surface area contributed by atoms with Crippen LogP contribution in [-0.2, 0) is 24.8 Å². The number of halogens is 1. The van der Waals surface area contributed by atoms with Gasteiger partial charge in [0.25, 0.3) is 5.91 Å². The van der Waals surface area contributed by atoms with E-state index in [4.69, 9.17) is 0 Å². The molecule has 37 heavy (non-hydrogen) atoms. The molecular formula is C25H25IN4O5S2. The van der Waals surface area contributed by atoms with Crippen molar-refractivity contribution in [3.63, 3.8) is 0 Å². The highest BCUT2D eigenvalue weighted by Crippen LogP contribution is 2.25. The van der Waals surface area contributed by atoms with Crippen LogP contribution in [0.3, 0.4) is 0 Å². The average Bonchev–Trinajstić information content (AvgIpc) is 2.92. The summed E-state index contributed by atoms with van der Waals surface area (Å²) in [7, 11) is -8.03. The lowest BCUT2D eigenvalue weighted by Crippen LogP contribution is -2.60. The van der Waals surface area contributed by atoms with Crippen molar-refractivity contribution in [2.45, 2.75) is 22.8 Å². The van der Waals surface area contributed by atoms with Crippen LogP contribution in [0.4, 0.5) is 0 Å². The van der Waals surface area contributed by atoms with Crippen LogP contribution in [0.15, 0.2) is 99.8 Å². The maximum absolute atomic E-state index is 13.5. The highest BCUT2D eigenvalue weighted by Gasteiger charge is 2.43. The maximum Gasteiger partial charge on any atom is 0.259 e. The van der Waals surface area contributed by atoms with Crippen LogP contribution < -0.4 is 5.43 Å². The lowest BCUT2D eigenvalue weighted by molar-refractivity contribution is -0.125. The van der Waals surface area contributed by atoms with E-state index >= 15 is 0 Å². The van der Waals surface area contributed by atoms with Gasteiger partial charge >= 0.3 is 0 Å². The number of hydrogen-bond donors (Lipinski definition) is 1. The van der Waals surface area contributed by atoms with Crippen molar-refractivity contribution >= 4 is 54.3 Å². The fraction of sp³-hybridized carbons (Fsp3) is 0.200. The molecule has 0 radical (unpaired) electrons. The van der Waals surface area contributed by atoms with E-state index in [-0.39, 0.29) is 29.4 Å². The summed E-state index contributed by atoms with van der Waals surface area (Å²) in [5.41, 5.74) is 3.77. The summed E-state index contributed by atoms with van der Waals surface area (Å²) in [5.74, 6) is -0.725. The zero-order chi connectivity index (χ0) is 26.6. The summed E-state index contributed by atoms with van der Waals surface area (Å²) in [5, 5.41) is 4.17. The van der Waals surface area contributed by atoms with Gasteiger partial charge in [0.05, 0.1) is 15.5 Å². The third-order valence-corrected chi connectivity index (χ3v) is 10.4. The first kappa shape index (κ1) is 27.4. The van der Waals surface area contributed by atoms with E-state index in [1.165, 1.54) is 24.3 Å². The Morgan fingerprint density at radius 2 is 1.46 bits per heavy atom. The van der Waals surface area contributed by atoms with E-state index < -0.39 is 32.0 Å². The Balaban J connectivity index is 1.65. The van der Waals surface area contributed by atoms with Crippen LogP contribution in [0.1, 0.15) is 12.5 Å². The van der Waals surface area contributed by atoms with Crippen LogP contribution in [0, 0.1) is 3.57 Å². The first-order valence-corrected chi connectivity index (χ1v) is 15.3. The molecule has 12 heteroatoms. The first-order valence-electron chi connectivity index (χ1n) is 11.3. The zero-order valence-electron chi connectivity index (χ0n) is 19.9. The van der Waals surface area contributed by atoms with E-state index in [2.05, 4.69) is 33.1 Å². The van der Waals surface area contributed by atoms with E-state index in [1.54, 1.807) is 43.3 Å². The van der Waals surface area contributed by atoms with Gasteiger partial charge in [-0.15, -0.1) is 0 Å². The summed E-state index contributed by atoms with van der Waals surface area (Å²) in [6.45, 7) is 1.07. The SMILES string of the molecule is C/C(=N/NC(=O)[C@@H]1CN(S(=O)(=O)c2ccccc2)CCN1S(=O)(=O)c1ccccc1)c1cccc(I)c1. The van der Waals surface area contributed by atoms with Gasteiger partial charge in [0, 0.05) is 23.2 Å². The smallest absolute Gasteiger partial charge is 0.259 e.